The first-order chi connectivity index (χ1) is 11.8. The average molecular weight is 346 g/mol. The number of hydrogen-bond donors (Lipinski definition) is 2. The van der Waals surface area contributed by atoms with Gasteiger partial charge in [0.15, 0.2) is 5.82 Å². The van der Waals surface area contributed by atoms with E-state index < -0.39 is 11.6 Å². The molecule has 3 rings (SSSR count). The lowest BCUT2D eigenvalue weighted by atomic mass is 9.93. The van der Waals surface area contributed by atoms with E-state index in [1.807, 2.05) is 6.92 Å². The van der Waals surface area contributed by atoms with Gasteiger partial charge in [-0.2, -0.15) is 5.10 Å². The van der Waals surface area contributed by atoms with Crippen LogP contribution in [0.15, 0.2) is 30.3 Å². The number of halogens is 1. The number of benzene rings is 1. The number of anilines is 1. The molecule has 6 nitrogen and oxygen atoms in total. The van der Waals surface area contributed by atoms with Crippen LogP contribution in [0, 0.1) is 5.82 Å². The number of aliphatic hydroxyl groups excluding tert-OH is 1. The van der Waals surface area contributed by atoms with Crippen molar-refractivity contribution in [3.8, 4) is 11.3 Å². The van der Waals surface area contributed by atoms with Crippen LogP contribution in [0.3, 0.4) is 0 Å². The highest BCUT2D eigenvalue weighted by atomic mass is 19.1. The number of nitrogens with one attached hydrogen (secondary N) is 1. The largest absolute Gasteiger partial charge is 0.391 e. The minimum atomic E-state index is -0.612. The fraction of sp³-hybridized carbons (Fsp3) is 0.444. The van der Waals surface area contributed by atoms with Gasteiger partial charge < -0.3 is 10.0 Å². The minimum absolute atomic E-state index is 0.273. The monoisotopic (exact) mass is 346 g/mol. The Morgan fingerprint density at radius 2 is 2.08 bits per heavy atom. The number of urea groups is 1. The molecular formula is C18H23FN4O2. The van der Waals surface area contributed by atoms with Crippen molar-refractivity contribution in [2.75, 3.05) is 11.9 Å². The zero-order valence-electron chi connectivity index (χ0n) is 14.7. The number of aryl methyl sites for hydroxylation is 1. The van der Waals surface area contributed by atoms with Crippen molar-refractivity contribution in [2.45, 2.75) is 38.3 Å². The Morgan fingerprint density at radius 3 is 2.72 bits per heavy atom. The van der Waals surface area contributed by atoms with Gasteiger partial charge in [0.1, 0.15) is 5.82 Å². The van der Waals surface area contributed by atoms with Crippen molar-refractivity contribution in [2.24, 2.45) is 7.05 Å². The van der Waals surface area contributed by atoms with Crippen molar-refractivity contribution >= 4 is 11.8 Å². The molecule has 1 aliphatic heterocycles. The predicted molar refractivity (Wildman–Crippen MR) is 93.6 cm³/mol. The molecule has 2 atom stereocenters. The van der Waals surface area contributed by atoms with E-state index in [2.05, 4.69) is 10.4 Å². The Labute approximate surface area is 146 Å². The van der Waals surface area contributed by atoms with Gasteiger partial charge in [-0.05, 0) is 51.0 Å². The quantitative estimate of drug-likeness (QED) is 0.897. The Hall–Kier alpha value is -2.41. The van der Waals surface area contributed by atoms with Crippen LogP contribution in [-0.4, -0.2) is 44.0 Å². The Bertz CT molecular complexity index is 772. The van der Waals surface area contributed by atoms with E-state index in [1.165, 1.54) is 12.1 Å². The molecule has 1 aromatic carbocycles. The van der Waals surface area contributed by atoms with E-state index in [9.17, 15) is 14.3 Å². The third kappa shape index (κ3) is 3.24. The summed E-state index contributed by atoms with van der Waals surface area (Å²) in [6.45, 7) is 4.20. The first-order valence-electron chi connectivity index (χ1n) is 8.38. The molecule has 1 saturated heterocycles. The number of rotatable bonds is 3. The fourth-order valence-electron chi connectivity index (χ4n) is 3.35. The highest BCUT2D eigenvalue weighted by Gasteiger charge is 2.43. The standard InChI is InChI=1S/C18H23FN4O2/c1-12(24)18(2)9-4-10-23(18)17(25)20-16-11-15(22(3)21-16)13-5-7-14(19)8-6-13/h5-8,11-12,24H,4,9-10H2,1-3H3,(H,20,21,25)/t12?,18-/m0/s1. The van der Waals surface area contributed by atoms with Crippen molar-refractivity contribution in [1.82, 2.24) is 14.7 Å². The lowest BCUT2D eigenvalue weighted by molar-refractivity contribution is 0.0384. The molecule has 0 spiro atoms. The normalized spacial score (nSPS) is 21.4. The van der Waals surface area contributed by atoms with E-state index in [0.717, 1.165) is 24.1 Å². The van der Waals surface area contributed by atoms with Gasteiger partial charge in [0.2, 0.25) is 0 Å². The molecule has 2 amide bonds. The van der Waals surface area contributed by atoms with Gasteiger partial charge in [-0.1, -0.05) is 0 Å². The van der Waals surface area contributed by atoms with Crippen molar-refractivity contribution in [3.63, 3.8) is 0 Å². The number of nitrogens with zero attached hydrogens (tertiary/aromatic N) is 3. The van der Waals surface area contributed by atoms with Gasteiger partial charge in [0.25, 0.3) is 0 Å². The van der Waals surface area contributed by atoms with Crippen molar-refractivity contribution in [1.29, 1.82) is 0 Å². The highest BCUT2D eigenvalue weighted by molar-refractivity contribution is 5.89. The molecule has 0 saturated carbocycles. The summed E-state index contributed by atoms with van der Waals surface area (Å²) in [4.78, 5) is 14.3. The summed E-state index contributed by atoms with van der Waals surface area (Å²) in [6, 6.07) is 7.59. The average Bonchev–Trinajstić information content (AvgIpc) is 3.12. The number of hydrogen-bond acceptors (Lipinski definition) is 3. The van der Waals surface area contributed by atoms with Crippen LogP contribution in [0.2, 0.25) is 0 Å². The zero-order valence-corrected chi connectivity index (χ0v) is 14.7. The molecule has 0 bridgehead atoms. The molecule has 1 aromatic heterocycles. The molecule has 25 heavy (non-hydrogen) atoms. The topological polar surface area (TPSA) is 70.4 Å². The molecule has 2 aromatic rings. The van der Waals surface area contributed by atoms with Crippen LogP contribution in [0.5, 0.6) is 0 Å². The summed E-state index contributed by atoms with van der Waals surface area (Å²) in [5.74, 6) is 0.123. The Morgan fingerprint density at radius 1 is 1.40 bits per heavy atom. The second-order valence-corrected chi connectivity index (χ2v) is 6.76. The van der Waals surface area contributed by atoms with E-state index in [-0.39, 0.29) is 11.8 Å². The number of amides is 2. The fourth-order valence-corrected chi connectivity index (χ4v) is 3.35. The smallest absolute Gasteiger partial charge is 0.323 e. The summed E-state index contributed by atoms with van der Waals surface area (Å²) in [7, 11) is 1.77. The molecule has 7 heteroatoms. The summed E-state index contributed by atoms with van der Waals surface area (Å²) < 4.78 is 14.7. The van der Waals surface area contributed by atoms with Gasteiger partial charge in [-0.25, -0.2) is 9.18 Å². The number of aromatic nitrogens is 2. The molecule has 2 N–H and O–H groups in total. The first kappa shape index (κ1) is 17.4. The number of aliphatic hydroxyl groups is 1. The van der Waals surface area contributed by atoms with E-state index in [4.69, 9.17) is 0 Å². The number of carbonyl (C=O) groups is 1. The van der Waals surface area contributed by atoms with E-state index >= 15 is 0 Å². The molecule has 1 fully saturated rings. The second kappa shape index (κ2) is 6.48. The summed E-state index contributed by atoms with van der Waals surface area (Å²) in [6.07, 6.45) is 1.01. The van der Waals surface area contributed by atoms with Crippen molar-refractivity contribution in [3.05, 3.63) is 36.1 Å². The van der Waals surface area contributed by atoms with Crippen LogP contribution < -0.4 is 5.32 Å². The molecule has 2 heterocycles. The first-order valence-corrected chi connectivity index (χ1v) is 8.38. The van der Waals surface area contributed by atoms with Crippen LogP contribution in [0.4, 0.5) is 15.0 Å². The maximum absolute atomic E-state index is 13.1. The maximum atomic E-state index is 13.1. The second-order valence-electron chi connectivity index (χ2n) is 6.76. The van der Waals surface area contributed by atoms with Gasteiger partial charge in [-0.15, -0.1) is 0 Å². The molecule has 0 aliphatic carbocycles. The maximum Gasteiger partial charge on any atom is 0.323 e. The van der Waals surface area contributed by atoms with Crippen LogP contribution >= 0.6 is 0 Å². The molecule has 1 unspecified atom stereocenters. The van der Waals surface area contributed by atoms with Crippen molar-refractivity contribution < 1.29 is 14.3 Å². The Kier molecular flexibility index (Phi) is 4.51. The minimum Gasteiger partial charge on any atom is -0.391 e. The number of likely N-dealkylation sites (tertiary alicyclic amines) is 1. The van der Waals surface area contributed by atoms with Gasteiger partial charge in [-0.3, -0.25) is 10.00 Å². The predicted octanol–water partition coefficient (Wildman–Crippen LogP) is 2.99. The zero-order chi connectivity index (χ0) is 18.2. The van der Waals surface area contributed by atoms with E-state index in [1.54, 1.807) is 41.8 Å². The SMILES string of the molecule is CC(O)[C@]1(C)CCCN1C(=O)Nc1cc(-c2ccc(F)cc2)n(C)n1. The summed E-state index contributed by atoms with van der Waals surface area (Å²) >= 11 is 0. The van der Waals surface area contributed by atoms with Gasteiger partial charge >= 0.3 is 6.03 Å². The molecule has 134 valence electrons. The lowest BCUT2D eigenvalue weighted by Gasteiger charge is -2.37. The molecular weight excluding hydrogens is 323 g/mol. The molecule has 1 aliphatic rings. The molecule has 0 radical (unpaired) electrons. The van der Waals surface area contributed by atoms with Gasteiger partial charge in [0.05, 0.1) is 17.3 Å². The summed E-state index contributed by atoms with van der Waals surface area (Å²) in [5, 5.41) is 17.2. The third-order valence-electron chi connectivity index (χ3n) is 5.08. The van der Waals surface area contributed by atoms with Crippen LogP contribution in [0.1, 0.15) is 26.7 Å². The highest BCUT2D eigenvalue weighted by Crippen LogP contribution is 2.32. The Balaban J connectivity index is 1.79. The summed E-state index contributed by atoms with van der Waals surface area (Å²) in [5.41, 5.74) is 1.01. The third-order valence-corrected chi connectivity index (χ3v) is 5.08. The lowest BCUT2D eigenvalue weighted by Crippen LogP contribution is -2.53. The van der Waals surface area contributed by atoms with Crippen LogP contribution in [-0.2, 0) is 7.05 Å². The number of carbonyl (C=O) groups excluding carboxylic acids is 1. The van der Waals surface area contributed by atoms with Crippen LogP contribution in [0.25, 0.3) is 11.3 Å². The van der Waals surface area contributed by atoms with E-state index in [0.29, 0.717) is 12.4 Å². The van der Waals surface area contributed by atoms with Gasteiger partial charge in [0, 0.05) is 25.2 Å².